The van der Waals surface area contributed by atoms with Gasteiger partial charge in [0.2, 0.25) is 0 Å². The topological polar surface area (TPSA) is 52.0 Å². The Bertz CT molecular complexity index is 90.5. The summed E-state index contributed by atoms with van der Waals surface area (Å²) in [7, 11) is 0. The first-order valence-electron chi connectivity index (χ1n) is 3.80. The summed E-state index contributed by atoms with van der Waals surface area (Å²) in [6.45, 7) is 0.779. The van der Waals surface area contributed by atoms with Gasteiger partial charge in [-0.05, 0) is 25.3 Å². The summed E-state index contributed by atoms with van der Waals surface area (Å²) >= 11 is 0. The molecule has 0 aromatic carbocycles. The molecular weight excluding hydrogens is 183 g/mol. The molecule has 0 bridgehead atoms. The first-order chi connectivity index (χ1) is 4.34. The number of hydrogen-bond acceptors (Lipinski definition) is 2. The molecular formula is C7H18Cl2N2. The van der Waals surface area contributed by atoms with Crippen molar-refractivity contribution in [2.75, 3.05) is 6.54 Å². The zero-order valence-electron chi connectivity index (χ0n) is 6.66. The minimum atomic E-state index is 0. The fraction of sp³-hybridized carbons (Fsp3) is 1.00. The Morgan fingerprint density at radius 3 is 2.00 bits per heavy atom. The largest absolute Gasteiger partial charge is 0.330 e. The lowest BCUT2D eigenvalue weighted by Crippen LogP contribution is -2.37. The first kappa shape index (κ1) is 14.0. The Balaban J connectivity index is 0. The van der Waals surface area contributed by atoms with Gasteiger partial charge in [-0.1, -0.05) is 12.8 Å². The summed E-state index contributed by atoms with van der Waals surface area (Å²) in [5, 5.41) is 0. The smallest absolute Gasteiger partial charge is 0.00792 e. The molecule has 1 rings (SSSR count). The molecule has 0 spiro atoms. The maximum atomic E-state index is 5.81. The van der Waals surface area contributed by atoms with Gasteiger partial charge in [0.1, 0.15) is 0 Å². The predicted molar refractivity (Wildman–Crippen MR) is 53.5 cm³/mol. The van der Waals surface area contributed by atoms with Crippen LogP contribution in [0.4, 0.5) is 0 Å². The summed E-state index contributed by atoms with van der Waals surface area (Å²) in [5.74, 6) is 0.610. The monoisotopic (exact) mass is 200 g/mol. The van der Waals surface area contributed by atoms with Crippen LogP contribution in [-0.2, 0) is 0 Å². The molecule has 2 atom stereocenters. The molecule has 4 N–H and O–H groups in total. The maximum absolute atomic E-state index is 5.81. The highest BCUT2D eigenvalue weighted by atomic mass is 35.5. The van der Waals surface area contributed by atoms with Gasteiger partial charge in [-0.25, -0.2) is 0 Å². The van der Waals surface area contributed by atoms with E-state index in [2.05, 4.69) is 0 Å². The molecule has 0 heterocycles. The van der Waals surface area contributed by atoms with Gasteiger partial charge in [0.15, 0.2) is 0 Å². The van der Waals surface area contributed by atoms with Crippen LogP contribution in [0.25, 0.3) is 0 Å². The van der Waals surface area contributed by atoms with E-state index in [1.807, 2.05) is 0 Å². The number of rotatable bonds is 1. The molecule has 0 amide bonds. The third-order valence-electron chi connectivity index (χ3n) is 2.27. The van der Waals surface area contributed by atoms with Gasteiger partial charge in [-0.15, -0.1) is 24.8 Å². The average Bonchev–Trinajstić information content (AvgIpc) is 1.89. The molecule has 0 saturated heterocycles. The Hall–Kier alpha value is 0.500. The molecule has 70 valence electrons. The zero-order chi connectivity index (χ0) is 6.69. The molecule has 11 heavy (non-hydrogen) atoms. The van der Waals surface area contributed by atoms with Crippen molar-refractivity contribution in [3.8, 4) is 0 Å². The van der Waals surface area contributed by atoms with Crippen molar-refractivity contribution in [3.05, 3.63) is 0 Å². The lowest BCUT2D eigenvalue weighted by Gasteiger charge is -2.26. The summed E-state index contributed by atoms with van der Waals surface area (Å²) in [5.41, 5.74) is 11.3. The van der Waals surface area contributed by atoms with Crippen LogP contribution in [0, 0.1) is 5.92 Å². The summed E-state index contributed by atoms with van der Waals surface area (Å²) < 4.78 is 0. The van der Waals surface area contributed by atoms with E-state index in [4.69, 9.17) is 11.5 Å². The van der Waals surface area contributed by atoms with E-state index < -0.39 is 0 Å². The quantitative estimate of drug-likeness (QED) is 0.671. The molecule has 2 nitrogen and oxygen atoms in total. The molecule has 0 unspecified atom stereocenters. The number of hydrogen-bond donors (Lipinski definition) is 2. The van der Waals surface area contributed by atoms with Crippen molar-refractivity contribution in [1.82, 2.24) is 0 Å². The Morgan fingerprint density at radius 2 is 1.64 bits per heavy atom. The fourth-order valence-electron chi connectivity index (χ4n) is 1.53. The molecule has 0 aromatic heterocycles. The van der Waals surface area contributed by atoms with Crippen molar-refractivity contribution in [1.29, 1.82) is 0 Å². The van der Waals surface area contributed by atoms with Gasteiger partial charge in [0.25, 0.3) is 0 Å². The minimum absolute atomic E-state index is 0. The highest BCUT2D eigenvalue weighted by Gasteiger charge is 2.19. The lowest BCUT2D eigenvalue weighted by molar-refractivity contribution is 0.315. The van der Waals surface area contributed by atoms with Crippen LogP contribution in [0.2, 0.25) is 0 Å². The van der Waals surface area contributed by atoms with Gasteiger partial charge in [0, 0.05) is 6.04 Å². The van der Waals surface area contributed by atoms with Crippen molar-refractivity contribution >= 4 is 24.8 Å². The van der Waals surface area contributed by atoms with Crippen molar-refractivity contribution in [3.63, 3.8) is 0 Å². The third-order valence-corrected chi connectivity index (χ3v) is 2.27. The van der Waals surface area contributed by atoms with Gasteiger partial charge in [-0.2, -0.15) is 0 Å². The van der Waals surface area contributed by atoms with Crippen molar-refractivity contribution in [2.45, 2.75) is 31.7 Å². The highest BCUT2D eigenvalue weighted by molar-refractivity contribution is 5.85. The molecule has 1 fully saturated rings. The van der Waals surface area contributed by atoms with E-state index in [9.17, 15) is 0 Å². The summed E-state index contributed by atoms with van der Waals surface area (Å²) in [4.78, 5) is 0. The summed E-state index contributed by atoms with van der Waals surface area (Å²) in [6, 6.07) is 0.392. The third kappa shape index (κ3) is 4.16. The standard InChI is InChI=1S/C7H16N2.2ClH/c8-5-6-3-1-2-4-7(6)9;;/h6-7H,1-5,8-9H2;2*1H/t6-,7-;;/m0../s1. The van der Waals surface area contributed by atoms with Crippen LogP contribution in [0.5, 0.6) is 0 Å². The average molecular weight is 201 g/mol. The SMILES string of the molecule is Cl.Cl.NC[C@@H]1CCCC[C@@H]1N. The van der Waals surface area contributed by atoms with Crippen LogP contribution < -0.4 is 11.5 Å². The zero-order valence-corrected chi connectivity index (χ0v) is 8.29. The van der Waals surface area contributed by atoms with Crippen molar-refractivity contribution in [2.24, 2.45) is 17.4 Å². The maximum Gasteiger partial charge on any atom is 0.00792 e. The second-order valence-electron chi connectivity index (χ2n) is 2.94. The van der Waals surface area contributed by atoms with Gasteiger partial charge in [-0.3, -0.25) is 0 Å². The van der Waals surface area contributed by atoms with Gasteiger partial charge >= 0.3 is 0 Å². The van der Waals surface area contributed by atoms with Gasteiger partial charge < -0.3 is 11.5 Å². The van der Waals surface area contributed by atoms with Crippen LogP contribution >= 0.6 is 24.8 Å². The Labute approximate surface area is 80.9 Å². The Morgan fingerprint density at radius 1 is 1.09 bits per heavy atom. The lowest BCUT2D eigenvalue weighted by atomic mass is 9.85. The van der Waals surface area contributed by atoms with E-state index in [-0.39, 0.29) is 24.8 Å². The van der Waals surface area contributed by atoms with E-state index in [0.29, 0.717) is 12.0 Å². The molecule has 0 aromatic rings. The van der Waals surface area contributed by atoms with E-state index in [1.54, 1.807) is 0 Å². The number of nitrogens with two attached hydrogens (primary N) is 2. The van der Waals surface area contributed by atoms with E-state index in [1.165, 1.54) is 25.7 Å². The number of halogens is 2. The van der Waals surface area contributed by atoms with Crippen LogP contribution in [0.3, 0.4) is 0 Å². The molecule has 4 heteroatoms. The van der Waals surface area contributed by atoms with Crippen LogP contribution in [0.1, 0.15) is 25.7 Å². The molecule has 1 aliphatic carbocycles. The van der Waals surface area contributed by atoms with E-state index in [0.717, 1.165) is 6.54 Å². The summed E-state index contributed by atoms with van der Waals surface area (Å²) in [6.07, 6.45) is 5.06. The van der Waals surface area contributed by atoms with Gasteiger partial charge in [0.05, 0.1) is 0 Å². The van der Waals surface area contributed by atoms with Crippen LogP contribution in [-0.4, -0.2) is 12.6 Å². The first-order valence-corrected chi connectivity index (χ1v) is 3.80. The molecule has 1 saturated carbocycles. The molecule has 0 radical (unpaired) electrons. The predicted octanol–water partition coefficient (Wildman–Crippen LogP) is 1.31. The Kier molecular flexibility index (Phi) is 9.15. The van der Waals surface area contributed by atoms with Crippen LogP contribution in [0.15, 0.2) is 0 Å². The highest BCUT2D eigenvalue weighted by Crippen LogP contribution is 2.21. The minimum Gasteiger partial charge on any atom is -0.330 e. The molecule has 1 aliphatic rings. The second kappa shape index (κ2) is 7.17. The normalized spacial score (nSPS) is 30.0. The fourth-order valence-corrected chi connectivity index (χ4v) is 1.53. The van der Waals surface area contributed by atoms with E-state index >= 15 is 0 Å². The molecule has 0 aliphatic heterocycles. The van der Waals surface area contributed by atoms with Crippen molar-refractivity contribution < 1.29 is 0 Å². The second-order valence-corrected chi connectivity index (χ2v) is 2.94.